The van der Waals surface area contributed by atoms with Crippen LogP contribution in [0.3, 0.4) is 0 Å². The minimum Gasteiger partial charge on any atom is -0.380 e. The van der Waals surface area contributed by atoms with Gasteiger partial charge in [0.2, 0.25) is 5.69 Å². The molecule has 1 aromatic heterocycles. The Morgan fingerprint density at radius 2 is 1.68 bits per heavy atom. The molecule has 4 nitrogen and oxygen atoms in total. The molecule has 0 spiro atoms. The number of aromatic nitrogens is 1. The van der Waals surface area contributed by atoms with E-state index in [1.807, 2.05) is 60.7 Å². The Labute approximate surface area is 167 Å². The number of hydrogen-bond donors (Lipinski definition) is 2. The Morgan fingerprint density at radius 1 is 1.00 bits per heavy atom. The first-order chi connectivity index (χ1) is 13.7. The van der Waals surface area contributed by atoms with Crippen LogP contribution in [0.25, 0.3) is 26.9 Å². The van der Waals surface area contributed by atoms with Gasteiger partial charge in [0.05, 0.1) is 17.8 Å². The molecule has 0 atom stereocenters. The molecule has 4 aromatic rings. The number of aromatic amines is 1. The molecular weight excluding hydrogens is 370 g/mol. The summed E-state index contributed by atoms with van der Waals surface area (Å²) in [4.78, 5) is 19.3. The summed E-state index contributed by atoms with van der Waals surface area (Å²) >= 11 is 6.18. The summed E-state index contributed by atoms with van der Waals surface area (Å²) in [5, 5.41) is 4.49. The summed E-state index contributed by atoms with van der Waals surface area (Å²) in [5.41, 5.74) is 3.87. The lowest BCUT2D eigenvalue weighted by molar-refractivity contribution is 1.15. The van der Waals surface area contributed by atoms with Gasteiger partial charge >= 0.3 is 0 Å². The van der Waals surface area contributed by atoms with Crippen LogP contribution in [0.2, 0.25) is 5.02 Å². The van der Waals surface area contributed by atoms with Crippen LogP contribution < -0.4 is 10.9 Å². The zero-order valence-corrected chi connectivity index (χ0v) is 15.6. The zero-order chi connectivity index (χ0) is 19.5. The van der Waals surface area contributed by atoms with Crippen LogP contribution in [-0.4, -0.2) is 4.98 Å². The Balaban J connectivity index is 1.96. The number of H-pyrrole nitrogens is 1. The van der Waals surface area contributed by atoms with E-state index in [4.69, 9.17) is 18.2 Å². The van der Waals surface area contributed by atoms with Crippen molar-refractivity contribution in [2.75, 3.05) is 5.32 Å². The van der Waals surface area contributed by atoms with Gasteiger partial charge in [-0.2, -0.15) is 0 Å². The van der Waals surface area contributed by atoms with Crippen molar-refractivity contribution in [3.05, 3.63) is 105 Å². The fourth-order valence-electron chi connectivity index (χ4n) is 3.24. The predicted octanol–water partition coefficient (Wildman–Crippen LogP) is 6.01. The lowest BCUT2D eigenvalue weighted by Gasteiger charge is -2.16. The Bertz CT molecular complexity index is 1240. The van der Waals surface area contributed by atoms with Gasteiger partial charge in [0, 0.05) is 22.5 Å². The van der Waals surface area contributed by atoms with Crippen molar-refractivity contribution in [2.45, 2.75) is 6.54 Å². The quantitative estimate of drug-likeness (QED) is 0.422. The smallest absolute Gasteiger partial charge is 0.258 e. The number of nitrogens with one attached hydrogen (secondary N) is 2. The van der Waals surface area contributed by atoms with E-state index in [0.717, 1.165) is 16.5 Å². The van der Waals surface area contributed by atoms with E-state index >= 15 is 0 Å². The minimum absolute atomic E-state index is 0.208. The maximum atomic E-state index is 12.9. The average molecular weight is 386 g/mol. The number of nitrogens with zero attached hydrogens (tertiary/aromatic N) is 1. The normalized spacial score (nSPS) is 10.6. The lowest BCUT2D eigenvalue weighted by Crippen LogP contribution is -2.14. The first-order valence-corrected chi connectivity index (χ1v) is 9.15. The Hall–Kier alpha value is -3.55. The van der Waals surface area contributed by atoms with Crippen molar-refractivity contribution in [2.24, 2.45) is 0 Å². The maximum absolute atomic E-state index is 12.9. The van der Waals surface area contributed by atoms with E-state index < -0.39 is 0 Å². The van der Waals surface area contributed by atoms with E-state index in [2.05, 4.69) is 15.1 Å². The van der Waals surface area contributed by atoms with E-state index in [0.29, 0.717) is 34.0 Å². The van der Waals surface area contributed by atoms with Gasteiger partial charge in [0.25, 0.3) is 5.56 Å². The van der Waals surface area contributed by atoms with Gasteiger partial charge in [-0.3, -0.25) is 4.79 Å². The summed E-state index contributed by atoms with van der Waals surface area (Å²) in [6.45, 7) is 7.93. The van der Waals surface area contributed by atoms with Crippen molar-refractivity contribution in [1.82, 2.24) is 4.98 Å². The average Bonchev–Trinajstić information content (AvgIpc) is 2.72. The number of benzene rings is 3. The summed E-state index contributed by atoms with van der Waals surface area (Å²) < 4.78 is 0. The molecule has 0 amide bonds. The Kier molecular flexibility index (Phi) is 4.84. The number of fused-ring (bicyclic) bond motifs is 1. The third kappa shape index (κ3) is 3.36. The van der Waals surface area contributed by atoms with Gasteiger partial charge < -0.3 is 10.3 Å². The monoisotopic (exact) mass is 385 g/mol. The van der Waals surface area contributed by atoms with Gasteiger partial charge in [-0.05, 0) is 23.3 Å². The molecule has 0 aliphatic rings. The molecule has 4 rings (SSSR count). The zero-order valence-electron chi connectivity index (χ0n) is 14.9. The number of rotatable bonds is 4. The van der Waals surface area contributed by atoms with E-state index in [1.54, 1.807) is 12.1 Å². The SMILES string of the molecule is [C-]#[N+]c1cc2c(NCc3ccccc3)c(-c3ccccc3)c(=O)[nH]c2cc1Cl. The van der Waals surface area contributed by atoms with Gasteiger partial charge in [0.15, 0.2) is 0 Å². The van der Waals surface area contributed by atoms with Crippen molar-refractivity contribution in [1.29, 1.82) is 0 Å². The van der Waals surface area contributed by atoms with E-state index in [-0.39, 0.29) is 5.56 Å². The predicted molar refractivity (Wildman–Crippen MR) is 115 cm³/mol. The molecule has 0 saturated carbocycles. The van der Waals surface area contributed by atoms with Gasteiger partial charge in [-0.25, -0.2) is 4.85 Å². The molecule has 28 heavy (non-hydrogen) atoms. The highest BCUT2D eigenvalue weighted by molar-refractivity contribution is 6.34. The van der Waals surface area contributed by atoms with E-state index in [9.17, 15) is 4.79 Å². The maximum Gasteiger partial charge on any atom is 0.258 e. The van der Waals surface area contributed by atoms with Gasteiger partial charge in [0.1, 0.15) is 0 Å². The van der Waals surface area contributed by atoms with Crippen molar-refractivity contribution in [3.63, 3.8) is 0 Å². The van der Waals surface area contributed by atoms with Crippen molar-refractivity contribution < 1.29 is 0 Å². The fraction of sp³-hybridized carbons (Fsp3) is 0.0435. The van der Waals surface area contributed by atoms with Crippen LogP contribution in [-0.2, 0) is 6.54 Å². The van der Waals surface area contributed by atoms with E-state index in [1.165, 1.54) is 0 Å². The highest BCUT2D eigenvalue weighted by Gasteiger charge is 2.16. The van der Waals surface area contributed by atoms with Crippen molar-refractivity contribution >= 4 is 33.9 Å². The first-order valence-electron chi connectivity index (χ1n) is 8.77. The summed E-state index contributed by atoms with van der Waals surface area (Å²) in [6.07, 6.45) is 0. The second-order valence-electron chi connectivity index (χ2n) is 6.37. The number of hydrogen-bond acceptors (Lipinski definition) is 2. The van der Waals surface area contributed by atoms with Gasteiger partial charge in [-0.15, -0.1) is 0 Å². The molecule has 0 aliphatic heterocycles. The molecule has 0 fully saturated rings. The minimum atomic E-state index is -0.208. The van der Waals surface area contributed by atoms with Crippen LogP contribution in [0.4, 0.5) is 11.4 Å². The lowest BCUT2D eigenvalue weighted by atomic mass is 10.0. The molecule has 1 heterocycles. The third-order valence-electron chi connectivity index (χ3n) is 4.58. The van der Waals surface area contributed by atoms with Crippen LogP contribution >= 0.6 is 11.6 Å². The molecule has 3 aromatic carbocycles. The summed E-state index contributed by atoms with van der Waals surface area (Å²) in [5.74, 6) is 0. The Morgan fingerprint density at radius 3 is 2.36 bits per heavy atom. The second-order valence-corrected chi connectivity index (χ2v) is 6.78. The molecule has 2 N–H and O–H groups in total. The van der Waals surface area contributed by atoms with Crippen LogP contribution in [0.15, 0.2) is 77.6 Å². The topological polar surface area (TPSA) is 49.2 Å². The largest absolute Gasteiger partial charge is 0.380 e. The molecule has 136 valence electrons. The molecule has 0 bridgehead atoms. The van der Waals surface area contributed by atoms with Crippen LogP contribution in [0, 0.1) is 6.57 Å². The molecular formula is C23H16ClN3O. The number of halogens is 1. The molecule has 0 unspecified atom stereocenters. The molecule has 0 aliphatic carbocycles. The number of pyridine rings is 1. The summed E-state index contributed by atoms with van der Waals surface area (Å²) in [7, 11) is 0. The molecule has 0 saturated heterocycles. The highest BCUT2D eigenvalue weighted by Crippen LogP contribution is 2.36. The van der Waals surface area contributed by atoms with Gasteiger partial charge in [-0.1, -0.05) is 72.3 Å². The fourth-order valence-corrected chi connectivity index (χ4v) is 3.45. The molecule has 5 heteroatoms. The van der Waals surface area contributed by atoms with Crippen LogP contribution in [0.1, 0.15) is 5.56 Å². The van der Waals surface area contributed by atoms with Crippen LogP contribution in [0.5, 0.6) is 0 Å². The molecule has 0 radical (unpaired) electrons. The first kappa shape index (κ1) is 17.8. The standard InChI is InChI=1S/C23H16ClN3O/c1-25-20-12-17-19(13-18(20)24)27-23(28)21(16-10-6-3-7-11-16)22(17)26-14-15-8-4-2-5-9-15/h2-13H,14H2,(H2,26,27,28). The second kappa shape index (κ2) is 7.59. The summed E-state index contributed by atoms with van der Waals surface area (Å²) in [6, 6.07) is 22.8. The highest BCUT2D eigenvalue weighted by atomic mass is 35.5. The third-order valence-corrected chi connectivity index (χ3v) is 4.88. The van der Waals surface area contributed by atoms with Crippen molar-refractivity contribution in [3.8, 4) is 11.1 Å². The number of anilines is 1.